The van der Waals surface area contributed by atoms with Gasteiger partial charge in [-0.05, 0) is 6.42 Å². The first kappa shape index (κ1) is 9.68. The molecule has 1 fully saturated rings. The first-order valence-electron chi connectivity index (χ1n) is 4.46. The van der Waals surface area contributed by atoms with Gasteiger partial charge in [-0.3, -0.25) is 0 Å². The SMILES string of the molecule is CCC(C)C1(CC=O)OCCO1. The van der Waals surface area contributed by atoms with Gasteiger partial charge in [-0.2, -0.15) is 0 Å². The van der Waals surface area contributed by atoms with E-state index < -0.39 is 5.79 Å². The summed E-state index contributed by atoms with van der Waals surface area (Å²) in [5.41, 5.74) is 0. The van der Waals surface area contributed by atoms with Gasteiger partial charge in [0.1, 0.15) is 6.29 Å². The maximum Gasteiger partial charge on any atom is 0.177 e. The van der Waals surface area contributed by atoms with Crippen LogP contribution in [0.2, 0.25) is 0 Å². The van der Waals surface area contributed by atoms with Crippen molar-refractivity contribution in [3.63, 3.8) is 0 Å². The first-order valence-corrected chi connectivity index (χ1v) is 4.46. The quantitative estimate of drug-likeness (QED) is 0.601. The van der Waals surface area contributed by atoms with Gasteiger partial charge in [-0.1, -0.05) is 13.8 Å². The lowest BCUT2D eigenvalue weighted by atomic mass is 9.95. The molecule has 0 spiro atoms. The van der Waals surface area contributed by atoms with Crippen molar-refractivity contribution in [2.45, 2.75) is 32.5 Å². The van der Waals surface area contributed by atoms with Crippen molar-refractivity contribution in [2.75, 3.05) is 13.2 Å². The number of aldehydes is 1. The molecule has 12 heavy (non-hydrogen) atoms. The van der Waals surface area contributed by atoms with E-state index in [0.29, 0.717) is 19.6 Å². The van der Waals surface area contributed by atoms with Crippen LogP contribution in [0.3, 0.4) is 0 Å². The molecule has 0 aromatic rings. The smallest absolute Gasteiger partial charge is 0.177 e. The van der Waals surface area contributed by atoms with Crippen LogP contribution in [0.25, 0.3) is 0 Å². The summed E-state index contributed by atoms with van der Waals surface area (Å²) in [6.07, 6.45) is 2.19. The standard InChI is InChI=1S/C9H16O3/c1-3-8(2)9(4-5-10)11-6-7-12-9/h5,8H,3-4,6-7H2,1-2H3. The zero-order valence-corrected chi connectivity index (χ0v) is 7.71. The molecule has 0 aromatic heterocycles. The Morgan fingerprint density at radius 2 is 2.08 bits per heavy atom. The minimum Gasteiger partial charge on any atom is -0.347 e. The Morgan fingerprint density at radius 3 is 2.50 bits per heavy atom. The Balaban J connectivity index is 2.63. The van der Waals surface area contributed by atoms with Crippen LogP contribution in [0, 0.1) is 5.92 Å². The molecule has 3 nitrogen and oxygen atoms in total. The van der Waals surface area contributed by atoms with Crippen molar-refractivity contribution in [1.29, 1.82) is 0 Å². The molecule has 1 aliphatic heterocycles. The summed E-state index contributed by atoms with van der Waals surface area (Å²) >= 11 is 0. The minimum atomic E-state index is -0.615. The van der Waals surface area contributed by atoms with Gasteiger partial charge in [0, 0.05) is 5.92 Å². The molecule has 1 saturated heterocycles. The third-order valence-corrected chi connectivity index (χ3v) is 2.51. The molecule has 0 saturated carbocycles. The van der Waals surface area contributed by atoms with Crippen LogP contribution in [0.1, 0.15) is 26.7 Å². The Morgan fingerprint density at radius 1 is 1.50 bits per heavy atom. The highest BCUT2D eigenvalue weighted by atomic mass is 16.7. The van der Waals surface area contributed by atoms with Crippen molar-refractivity contribution in [3.05, 3.63) is 0 Å². The largest absolute Gasteiger partial charge is 0.347 e. The van der Waals surface area contributed by atoms with Gasteiger partial charge in [0.2, 0.25) is 0 Å². The molecule has 0 bridgehead atoms. The fourth-order valence-electron chi connectivity index (χ4n) is 1.50. The van der Waals surface area contributed by atoms with Gasteiger partial charge >= 0.3 is 0 Å². The lowest BCUT2D eigenvalue weighted by Crippen LogP contribution is -2.37. The molecule has 3 heteroatoms. The van der Waals surface area contributed by atoms with E-state index in [0.717, 1.165) is 12.7 Å². The second kappa shape index (κ2) is 4.01. The van der Waals surface area contributed by atoms with Gasteiger partial charge in [0.15, 0.2) is 5.79 Å². The second-order valence-corrected chi connectivity index (χ2v) is 3.19. The Kier molecular flexibility index (Phi) is 3.23. The minimum absolute atomic E-state index is 0.283. The van der Waals surface area contributed by atoms with Crippen molar-refractivity contribution in [3.8, 4) is 0 Å². The zero-order valence-electron chi connectivity index (χ0n) is 7.71. The lowest BCUT2D eigenvalue weighted by Gasteiger charge is -2.31. The molecular formula is C9H16O3. The van der Waals surface area contributed by atoms with Crippen molar-refractivity contribution in [2.24, 2.45) is 5.92 Å². The highest BCUT2D eigenvalue weighted by Crippen LogP contribution is 2.32. The van der Waals surface area contributed by atoms with E-state index in [4.69, 9.17) is 9.47 Å². The van der Waals surface area contributed by atoms with Crippen LogP contribution in [-0.2, 0) is 14.3 Å². The van der Waals surface area contributed by atoms with Crippen LogP contribution < -0.4 is 0 Å². The summed E-state index contributed by atoms with van der Waals surface area (Å²) in [6, 6.07) is 0. The number of hydrogen-bond acceptors (Lipinski definition) is 3. The van der Waals surface area contributed by atoms with E-state index in [1.54, 1.807) is 0 Å². The van der Waals surface area contributed by atoms with E-state index >= 15 is 0 Å². The van der Waals surface area contributed by atoms with Gasteiger partial charge in [-0.25, -0.2) is 0 Å². The van der Waals surface area contributed by atoms with Crippen molar-refractivity contribution >= 4 is 6.29 Å². The lowest BCUT2D eigenvalue weighted by molar-refractivity contribution is -0.194. The molecule has 1 unspecified atom stereocenters. The second-order valence-electron chi connectivity index (χ2n) is 3.19. The zero-order chi connectivity index (χ0) is 9.03. The third-order valence-electron chi connectivity index (χ3n) is 2.51. The monoisotopic (exact) mass is 172 g/mol. The molecule has 0 N–H and O–H groups in total. The predicted octanol–water partition coefficient (Wildman–Crippen LogP) is 1.36. The van der Waals surface area contributed by atoms with Crippen LogP contribution in [-0.4, -0.2) is 25.3 Å². The average molecular weight is 172 g/mol. The number of ether oxygens (including phenoxy) is 2. The first-order chi connectivity index (χ1) is 5.75. The molecule has 1 heterocycles. The summed E-state index contributed by atoms with van der Waals surface area (Å²) in [4.78, 5) is 10.4. The van der Waals surface area contributed by atoms with E-state index in [2.05, 4.69) is 13.8 Å². The number of rotatable bonds is 4. The van der Waals surface area contributed by atoms with Gasteiger partial charge < -0.3 is 14.3 Å². The predicted molar refractivity (Wildman–Crippen MR) is 44.8 cm³/mol. The maximum absolute atomic E-state index is 10.4. The Bertz CT molecular complexity index is 150. The van der Waals surface area contributed by atoms with Gasteiger partial charge in [0.05, 0.1) is 19.6 Å². The normalized spacial score (nSPS) is 23.8. The highest BCUT2D eigenvalue weighted by molar-refractivity contribution is 5.51. The molecule has 0 aliphatic carbocycles. The van der Waals surface area contributed by atoms with E-state index in [-0.39, 0.29) is 5.92 Å². The average Bonchev–Trinajstić information content (AvgIpc) is 2.53. The molecule has 1 atom stereocenters. The molecule has 1 aliphatic rings. The summed E-state index contributed by atoms with van der Waals surface area (Å²) in [6.45, 7) is 5.34. The van der Waals surface area contributed by atoms with Crippen LogP contribution in [0.15, 0.2) is 0 Å². The van der Waals surface area contributed by atoms with Gasteiger partial charge in [0.25, 0.3) is 0 Å². The van der Waals surface area contributed by atoms with E-state index in [9.17, 15) is 4.79 Å². The summed E-state index contributed by atoms with van der Waals surface area (Å²) in [7, 11) is 0. The molecule has 1 rings (SSSR count). The van der Waals surface area contributed by atoms with Crippen molar-refractivity contribution < 1.29 is 14.3 Å². The topological polar surface area (TPSA) is 35.5 Å². The van der Waals surface area contributed by atoms with Crippen LogP contribution >= 0.6 is 0 Å². The van der Waals surface area contributed by atoms with Crippen molar-refractivity contribution in [1.82, 2.24) is 0 Å². The van der Waals surface area contributed by atoms with Crippen LogP contribution in [0.5, 0.6) is 0 Å². The molecular weight excluding hydrogens is 156 g/mol. The molecule has 0 radical (unpaired) electrons. The van der Waals surface area contributed by atoms with E-state index in [1.807, 2.05) is 0 Å². The maximum atomic E-state index is 10.4. The Hall–Kier alpha value is -0.410. The van der Waals surface area contributed by atoms with Crippen LogP contribution in [0.4, 0.5) is 0 Å². The molecule has 70 valence electrons. The number of hydrogen-bond donors (Lipinski definition) is 0. The van der Waals surface area contributed by atoms with E-state index in [1.165, 1.54) is 0 Å². The number of carbonyl (C=O) groups is 1. The number of carbonyl (C=O) groups excluding carboxylic acids is 1. The third kappa shape index (κ3) is 1.67. The summed E-state index contributed by atoms with van der Waals surface area (Å²) in [5, 5.41) is 0. The fraction of sp³-hybridized carbons (Fsp3) is 0.889. The summed E-state index contributed by atoms with van der Waals surface area (Å²) < 4.78 is 11.0. The van der Waals surface area contributed by atoms with Gasteiger partial charge in [-0.15, -0.1) is 0 Å². The summed E-state index contributed by atoms with van der Waals surface area (Å²) in [5.74, 6) is -0.332. The molecule has 0 amide bonds. The fourth-order valence-corrected chi connectivity index (χ4v) is 1.50. The molecule has 0 aromatic carbocycles. The Labute approximate surface area is 73.0 Å². The highest BCUT2D eigenvalue weighted by Gasteiger charge is 2.40.